The maximum atomic E-state index is 12.8. The lowest BCUT2D eigenvalue weighted by Gasteiger charge is -2.03. The lowest BCUT2D eigenvalue weighted by atomic mass is 10.3. The summed E-state index contributed by atoms with van der Waals surface area (Å²) in [5.74, 6) is -0.877. The van der Waals surface area contributed by atoms with Gasteiger partial charge in [0, 0.05) is 11.1 Å². The molecule has 2 heterocycles. The topological polar surface area (TPSA) is 84.2 Å². The molecule has 3 rings (SSSR count). The van der Waals surface area contributed by atoms with E-state index in [2.05, 4.69) is 15.6 Å². The van der Waals surface area contributed by atoms with Gasteiger partial charge in [0.15, 0.2) is 10.9 Å². The molecule has 0 spiro atoms. The third-order valence-electron chi connectivity index (χ3n) is 2.99. The Hall–Kier alpha value is -3.00. The summed E-state index contributed by atoms with van der Waals surface area (Å²) in [5.41, 5.74) is 1.03. The SMILES string of the molecule is O=C(Cc1csc(NC(=O)c2ccco2)n1)Nc1ccc(F)cc1. The maximum Gasteiger partial charge on any atom is 0.293 e. The molecule has 0 radical (unpaired) electrons. The number of furan rings is 1. The van der Waals surface area contributed by atoms with Crippen molar-refractivity contribution in [2.75, 3.05) is 10.6 Å². The van der Waals surface area contributed by atoms with Crippen molar-refractivity contribution < 1.29 is 18.4 Å². The molecule has 122 valence electrons. The molecule has 8 heteroatoms. The highest BCUT2D eigenvalue weighted by molar-refractivity contribution is 7.14. The first-order chi connectivity index (χ1) is 11.6. The van der Waals surface area contributed by atoms with Crippen molar-refractivity contribution in [3.8, 4) is 0 Å². The molecule has 0 fully saturated rings. The average Bonchev–Trinajstić information content (AvgIpc) is 3.21. The van der Waals surface area contributed by atoms with Gasteiger partial charge in [-0.15, -0.1) is 11.3 Å². The molecule has 0 unspecified atom stereocenters. The minimum atomic E-state index is -0.406. The first kappa shape index (κ1) is 15.9. The van der Waals surface area contributed by atoms with Crippen LogP contribution in [0.5, 0.6) is 0 Å². The van der Waals surface area contributed by atoms with Crippen LogP contribution in [-0.4, -0.2) is 16.8 Å². The number of rotatable bonds is 5. The molecule has 0 saturated heterocycles. The van der Waals surface area contributed by atoms with Crippen LogP contribution in [0.2, 0.25) is 0 Å². The second-order valence-corrected chi connectivity index (χ2v) is 5.67. The average molecular weight is 345 g/mol. The number of carbonyl (C=O) groups is 2. The molecule has 0 aliphatic heterocycles. The van der Waals surface area contributed by atoms with Crippen molar-refractivity contribution in [3.63, 3.8) is 0 Å². The van der Waals surface area contributed by atoms with Gasteiger partial charge in [-0.3, -0.25) is 14.9 Å². The van der Waals surface area contributed by atoms with Gasteiger partial charge in [-0.25, -0.2) is 9.37 Å². The first-order valence-corrected chi connectivity index (χ1v) is 7.83. The van der Waals surface area contributed by atoms with Crippen LogP contribution < -0.4 is 10.6 Å². The Bertz CT molecular complexity index is 844. The van der Waals surface area contributed by atoms with Crippen molar-refractivity contribution in [2.45, 2.75) is 6.42 Å². The van der Waals surface area contributed by atoms with Crippen LogP contribution in [0.1, 0.15) is 16.2 Å². The lowest BCUT2D eigenvalue weighted by Crippen LogP contribution is -2.15. The van der Waals surface area contributed by atoms with Gasteiger partial charge < -0.3 is 9.73 Å². The third kappa shape index (κ3) is 4.05. The van der Waals surface area contributed by atoms with Gasteiger partial charge in [0.25, 0.3) is 5.91 Å². The van der Waals surface area contributed by atoms with E-state index in [0.29, 0.717) is 16.5 Å². The van der Waals surface area contributed by atoms with Gasteiger partial charge in [0.2, 0.25) is 5.91 Å². The monoisotopic (exact) mass is 345 g/mol. The summed E-state index contributed by atoms with van der Waals surface area (Å²) in [5, 5.41) is 7.30. The van der Waals surface area contributed by atoms with Crippen molar-refractivity contribution in [3.05, 3.63) is 65.3 Å². The fourth-order valence-corrected chi connectivity index (χ4v) is 2.62. The fourth-order valence-electron chi connectivity index (χ4n) is 1.91. The molecule has 6 nitrogen and oxygen atoms in total. The van der Waals surface area contributed by atoms with Crippen molar-refractivity contribution in [1.29, 1.82) is 0 Å². The van der Waals surface area contributed by atoms with E-state index in [4.69, 9.17) is 4.42 Å². The molecule has 3 aromatic rings. The molecule has 2 N–H and O–H groups in total. The predicted molar refractivity (Wildman–Crippen MR) is 87.5 cm³/mol. The van der Waals surface area contributed by atoms with Crippen LogP contribution in [0.25, 0.3) is 0 Å². The molecular weight excluding hydrogens is 333 g/mol. The molecule has 0 aliphatic carbocycles. The number of halogens is 1. The molecule has 2 amide bonds. The number of nitrogens with zero attached hydrogens (tertiary/aromatic N) is 1. The highest BCUT2D eigenvalue weighted by Gasteiger charge is 2.13. The van der Waals surface area contributed by atoms with Gasteiger partial charge >= 0.3 is 0 Å². The summed E-state index contributed by atoms with van der Waals surface area (Å²) >= 11 is 1.21. The number of anilines is 2. The summed E-state index contributed by atoms with van der Waals surface area (Å²) in [6, 6.07) is 8.63. The molecular formula is C16H12FN3O3S. The molecule has 2 aromatic heterocycles. The molecule has 0 aliphatic rings. The summed E-state index contributed by atoms with van der Waals surface area (Å²) < 4.78 is 17.8. The molecule has 0 atom stereocenters. The summed E-state index contributed by atoms with van der Waals surface area (Å²) in [6.07, 6.45) is 1.45. The van der Waals surface area contributed by atoms with Crippen molar-refractivity contribution >= 4 is 34.0 Å². The molecule has 0 saturated carbocycles. The zero-order valence-corrected chi connectivity index (χ0v) is 13.1. The number of hydrogen-bond acceptors (Lipinski definition) is 5. The van der Waals surface area contributed by atoms with Gasteiger partial charge in [-0.2, -0.15) is 0 Å². The lowest BCUT2D eigenvalue weighted by molar-refractivity contribution is -0.115. The van der Waals surface area contributed by atoms with Gasteiger partial charge in [0.05, 0.1) is 18.4 Å². The Kier molecular flexibility index (Phi) is 4.66. The highest BCUT2D eigenvalue weighted by atomic mass is 32.1. The van der Waals surface area contributed by atoms with E-state index in [0.717, 1.165) is 0 Å². The Morgan fingerprint density at radius 1 is 1.17 bits per heavy atom. The van der Waals surface area contributed by atoms with Crippen LogP contribution in [-0.2, 0) is 11.2 Å². The number of amides is 2. The smallest absolute Gasteiger partial charge is 0.293 e. The second kappa shape index (κ2) is 7.05. The molecule has 24 heavy (non-hydrogen) atoms. The number of carbonyl (C=O) groups excluding carboxylic acids is 2. The van der Waals surface area contributed by atoms with E-state index < -0.39 is 5.91 Å². The summed E-state index contributed by atoms with van der Waals surface area (Å²) in [7, 11) is 0. The van der Waals surface area contributed by atoms with E-state index in [1.165, 1.54) is 41.9 Å². The highest BCUT2D eigenvalue weighted by Crippen LogP contribution is 2.17. The van der Waals surface area contributed by atoms with E-state index >= 15 is 0 Å². The van der Waals surface area contributed by atoms with Gasteiger partial charge in [-0.05, 0) is 36.4 Å². The Labute approximate surface area is 140 Å². The van der Waals surface area contributed by atoms with E-state index in [-0.39, 0.29) is 23.9 Å². The second-order valence-electron chi connectivity index (χ2n) is 4.81. The number of aromatic nitrogens is 1. The van der Waals surface area contributed by atoms with Gasteiger partial charge in [-0.1, -0.05) is 0 Å². The van der Waals surface area contributed by atoms with Crippen LogP contribution >= 0.6 is 11.3 Å². The summed E-state index contributed by atoms with van der Waals surface area (Å²) in [4.78, 5) is 27.9. The maximum absolute atomic E-state index is 12.8. The Balaban J connectivity index is 1.56. The van der Waals surface area contributed by atoms with Gasteiger partial charge in [0.1, 0.15) is 5.82 Å². The van der Waals surface area contributed by atoms with Crippen LogP contribution in [0.15, 0.2) is 52.5 Å². The summed E-state index contributed by atoms with van der Waals surface area (Å²) in [6.45, 7) is 0. The molecule has 1 aromatic carbocycles. The minimum Gasteiger partial charge on any atom is -0.459 e. The Morgan fingerprint density at radius 3 is 2.67 bits per heavy atom. The fraction of sp³-hybridized carbons (Fsp3) is 0.0625. The normalized spacial score (nSPS) is 10.4. The predicted octanol–water partition coefficient (Wildman–Crippen LogP) is 3.31. The zero-order valence-electron chi connectivity index (χ0n) is 12.3. The Morgan fingerprint density at radius 2 is 1.96 bits per heavy atom. The third-order valence-corrected chi connectivity index (χ3v) is 3.79. The zero-order chi connectivity index (χ0) is 16.9. The van der Waals surface area contributed by atoms with Crippen molar-refractivity contribution in [1.82, 2.24) is 4.98 Å². The number of thiazole rings is 1. The van der Waals surface area contributed by atoms with Crippen LogP contribution in [0, 0.1) is 5.82 Å². The standard InChI is InChI=1S/C16H12FN3O3S/c17-10-3-5-11(6-4-10)18-14(21)8-12-9-24-16(19-12)20-15(22)13-2-1-7-23-13/h1-7,9H,8H2,(H,18,21)(H,19,20,22). The quantitative estimate of drug-likeness (QED) is 0.743. The van der Waals surface area contributed by atoms with Crippen LogP contribution in [0.3, 0.4) is 0 Å². The minimum absolute atomic E-state index is 0.0461. The van der Waals surface area contributed by atoms with Crippen molar-refractivity contribution in [2.24, 2.45) is 0 Å². The van der Waals surface area contributed by atoms with E-state index in [9.17, 15) is 14.0 Å². The number of hydrogen-bond donors (Lipinski definition) is 2. The van der Waals surface area contributed by atoms with E-state index in [1.54, 1.807) is 17.5 Å². The first-order valence-electron chi connectivity index (χ1n) is 6.95. The van der Waals surface area contributed by atoms with Crippen LogP contribution in [0.4, 0.5) is 15.2 Å². The largest absolute Gasteiger partial charge is 0.459 e. The number of nitrogens with one attached hydrogen (secondary N) is 2. The molecule has 0 bridgehead atoms. The van der Waals surface area contributed by atoms with E-state index in [1.807, 2.05) is 0 Å². The number of benzene rings is 1.